The maximum atomic E-state index is 9.93. The molecule has 0 aliphatic rings. The lowest BCUT2D eigenvalue weighted by molar-refractivity contribution is -0.112. The molecular weight excluding hydrogens is 172 g/mol. The van der Waals surface area contributed by atoms with E-state index in [4.69, 9.17) is 28.9 Å². The highest BCUT2D eigenvalue weighted by molar-refractivity contribution is 6.65. The Balaban J connectivity index is 0. The van der Waals surface area contributed by atoms with Gasteiger partial charge in [-0.2, -0.15) is 0 Å². The van der Waals surface area contributed by atoms with Gasteiger partial charge in [0.05, 0.1) is 6.04 Å². The van der Waals surface area contributed by atoms with Crippen molar-refractivity contribution in [3.05, 3.63) is 0 Å². The highest BCUT2D eigenvalue weighted by Gasteiger charge is 2.06. The zero-order chi connectivity index (χ0) is 5.86. The fourth-order valence-electron chi connectivity index (χ4n) is 0.0607. The van der Waals surface area contributed by atoms with Gasteiger partial charge in [-0.1, -0.05) is 0 Å². The molecule has 50 valence electrons. The van der Waals surface area contributed by atoms with E-state index in [0.717, 1.165) is 0 Å². The molecule has 5 heteroatoms. The van der Waals surface area contributed by atoms with Crippen molar-refractivity contribution in [2.45, 2.75) is 6.04 Å². The van der Waals surface area contributed by atoms with E-state index < -0.39 is 11.3 Å². The molecule has 0 aromatic heterocycles. The summed E-state index contributed by atoms with van der Waals surface area (Å²) < 4.78 is 0. The second kappa shape index (κ2) is 5.63. The Hall–Kier alpha value is 0.500. The largest absolute Gasteiger partial charge is 0.319 e. The predicted octanol–water partition coefficient (Wildman–Crippen LogP) is 0.740. The van der Waals surface area contributed by atoms with Crippen molar-refractivity contribution in [1.82, 2.24) is 0 Å². The highest BCUT2D eigenvalue weighted by Crippen LogP contribution is 1.88. The number of nitrogens with two attached hydrogens (primary N) is 1. The summed E-state index contributed by atoms with van der Waals surface area (Å²) in [6.45, 7) is 0. The van der Waals surface area contributed by atoms with E-state index >= 15 is 0 Å². The van der Waals surface area contributed by atoms with Crippen LogP contribution in [-0.4, -0.2) is 17.2 Å². The van der Waals surface area contributed by atoms with Gasteiger partial charge in [0.2, 0.25) is 5.24 Å². The molecule has 0 saturated heterocycles. The van der Waals surface area contributed by atoms with E-state index in [2.05, 4.69) is 0 Å². The van der Waals surface area contributed by atoms with Crippen LogP contribution in [0.2, 0.25) is 0 Å². The van der Waals surface area contributed by atoms with Gasteiger partial charge in [-0.15, -0.1) is 24.0 Å². The molecule has 0 aliphatic heterocycles. The average Bonchev–Trinajstić information content (AvgIpc) is 1.65. The molecule has 8 heavy (non-hydrogen) atoms. The van der Waals surface area contributed by atoms with Crippen LogP contribution in [0.1, 0.15) is 0 Å². The summed E-state index contributed by atoms with van der Waals surface area (Å²) in [6.07, 6.45) is 0. The van der Waals surface area contributed by atoms with Crippen LogP contribution in [0, 0.1) is 0 Å². The summed E-state index contributed by atoms with van der Waals surface area (Å²) in [6, 6.07) is -0.705. The maximum absolute atomic E-state index is 9.93. The summed E-state index contributed by atoms with van der Waals surface area (Å²) in [5.41, 5.74) is 5.00. The quantitative estimate of drug-likeness (QED) is 0.501. The van der Waals surface area contributed by atoms with Crippen molar-refractivity contribution in [1.29, 1.82) is 0 Å². The Bertz CT molecular complexity index is 76.9. The van der Waals surface area contributed by atoms with Gasteiger partial charge in [-0.3, -0.25) is 4.79 Å². The number of hydrogen-bond acceptors (Lipinski definition) is 2. The second-order valence-electron chi connectivity index (χ2n) is 1.06. The van der Waals surface area contributed by atoms with Gasteiger partial charge in [-0.25, -0.2) is 0 Å². The lowest BCUT2D eigenvalue weighted by Gasteiger charge is -1.95. The van der Waals surface area contributed by atoms with E-state index in [1.165, 1.54) is 0 Å². The third-order valence-electron chi connectivity index (χ3n) is 0.458. The van der Waals surface area contributed by atoms with Crippen LogP contribution < -0.4 is 5.73 Å². The van der Waals surface area contributed by atoms with Crippen molar-refractivity contribution in [2.24, 2.45) is 5.73 Å². The molecule has 0 bridgehead atoms. The molecule has 0 saturated carbocycles. The van der Waals surface area contributed by atoms with Gasteiger partial charge in [0.25, 0.3) is 0 Å². The van der Waals surface area contributed by atoms with E-state index in [0.29, 0.717) is 0 Å². The van der Waals surface area contributed by atoms with Crippen molar-refractivity contribution < 1.29 is 4.79 Å². The van der Waals surface area contributed by atoms with Gasteiger partial charge in [0.15, 0.2) is 0 Å². The molecule has 0 spiro atoms. The van der Waals surface area contributed by atoms with Gasteiger partial charge < -0.3 is 5.73 Å². The van der Waals surface area contributed by atoms with E-state index in [-0.39, 0.29) is 18.3 Å². The third kappa shape index (κ3) is 4.65. The first-order chi connectivity index (χ1) is 3.18. The summed E-state index contributed by atoms with van der Waals surface area (Å²) in [7, 11) is 0. The fraction of sp³-hybridized carbons (Fsp3) is 0.667. The number of halogens is 3. The first kappa shape index (κ1) is 11.3. The number of alkyl halides is 1. The van der Waals surface area contributed by atoms with Crippen LogP contribution in [0.4, 0.5) is 0 Å². The Morgan fingerprint density at radius 3 is 2.12 bits per heavy atom. The first-order valence-corrected chi connectivity index (χ1v) is 2.60. The molecule has 0 rings (SSSR count). The normalized spacial score (nSPS) is 11.9. The molecular formula is C3H6Cl3NO. The van der Waals surface area contributed by atoms with Crippen LogP contribution in [0.15, 0.2) is 0 Å². The minimum atomic E-state index is -0.705. The highest BCUT2D eigenvalue weighted by atomic mass is 35.5. The molecule has 0 fully saturated rings. The molecule has 0 heterocycles. The van der Waals surface area contributed by atoms with Crippen molar-refractivity contribution in [3.63, 3.8) is 0 Å². The zero-order valence-electron chi connectivity index (χ0n) is 3.93. The Morgan fingerprint density at radius 2 is 2.12 bits per heavy atom. The van der Waals surface area contributed by atoms with Crippen LogP contribution in [-0.2, 0) is 4.79 Å². The van der Waals surface area contributed by atoms with E-state index in [1.54, 1.807) is 0 Å². The van der Waals surface area contributed by atoms with Crippen molar-refractivity contribution in [2.75, 3.05) is 5.88 Å². The second-order valence-corrected chi connectivity index (χ2v) is 1.75. The molecule has 2 nitrogen and oxygen atoms in total. The van der Waals surface area contributed by atoms with Crippen LogP contribution in [0.5, 0.6) is 0 Å². The molecule has 1 atom stereocenters. The lowest BCUT2D eigenvalue weighted by Crippen LogP contribution is -2.28. The number of hydrogen-bond donors (Lipinski definition) is 1. The first-order valence-electron chi connectivity index (χ1n) is 1.69. The van der Waals surface area contributed by atoms with E-state index in [9.17, 15) is 4.79 Å². The molecule has 0 amide bonds. The minimum absolute atomic E-state index is 0. The average molecular weight is 178 g/mol. The number of rotatable bonds is 2. The van der Waals surface area contributed by atoms with Gasteiger partial charge in [0, 0.05) is 5.88 Å². The van der Waals surface area contributed by atoms with Crippen LogP contribution >= 0.6 is 35.6 Å². The third-order valence-corrected chi connectivity index (χ3v) is 1.07. The zero-order valence-corrected chi connectivity index (χ0v) is 6.26. The smallest absolute Gasteiger partial charge is 0.239 e. The lowest BCUT2D eigenvalue weighted by atomic mass is 10.4. The Morgan fingerprint density at radius 1 is 1.75 bits per heavy atom. The van der Waals surface area contributed by atoms with Crippen molar-refractivity contribution in [3.8, 4) is 0 Å². The summed E-state index contributed by atoms with van der Waals surface area (Å²) in [5, 5.41) is -0.588. The molecule has 0 aliphatic carbocycles. The molecule has 0 aromatic rings. The molecule has 0 radical (unpaired) electrons. The van der Waals surface area contributed by atoms with E-state index in [1.807, 2.05) is 0 Å². The summed E-state index contributed by atoms with van der Waals surface area (Å²) in [5.74, 6) is 0.0856. The predicted molar refractivity (Wildman–Crippen MR) is 36.8 cm³/mol. The van der Waals surface area contributed by atoms with Gasteiger partial charge >= 0.3 is 0 Å². The standard InChI is InChI=1S/C3H5Cl2NO.ClH/c4-1-2(6)3(5)7;/h2H,1,6H2;1H/t2-;/m1./s1. The summed E-state index contributed by atoms with van der Waals surface area (Å²) in [4.78, 5) is 9.93. The van der Waals surface area contributed by atoms with Crippen LogP contribution in [0.3, 0.4) is 0 Å². The minimum Gasteiger partial charge on any atom is -0.319 e. The molecule has 0 aromatic carbocycles. The number of carbonyl (C=O) groups excluding carboxylic acids is 1. The fourth-order valence-corrected chi connectivity index (χ4v) is 0.357. The maximum Gasteiger partial charge on any atom is 0.239 e. The van der Waals surface area contributed by atoms with Crippen molar-refractivity contribution >= 4 is 40.9 Å². The van der Waals surface area contributed by atoms with Gasteiger partial charge in [-0.05, 0) is 11.6 Å². The summed E-state index contributed by atoms with van der Waals surface area (Å²) >= 11 is 10.00. The van der Waals surface area contributed by atoms with Crippen LogP contribution in [0.25, 0.3) is 0 Å². The van der Waals surface area contributed by atoms with Gasteiger partial charge in [0.1, 0.15) is 0 Å². The monoisotopic (exact) mass is 177 g/mol. The molecule has 2 N–H and O–H groups in total. The molecule has 0 unspecified atom stereocenters. The topological polar surface area (TPSA) is 43.1 Å². The SMILES string of the molecule is Cl.N[C@H](CCl)C(=O)Cl. The Kier molecular flexibility index (Phi) is 7.97. The number of carbonyl (C=O) groups is 1. The Labute approximate surface area is 63.7 Å².